The van der Waals surface area contributed by atoms with Crippen molar-refractivity contribution in [1.82, 2.24) is 5.32 Å². The molecule has 1 heterocycles. The molecule has 1 aliphatic heterocycles. The first-order valence-corrected chi connectivity index (χ1v) is 10.0. The zero-order valence-electron chi connectivity index (χ0n) is 15.2. The minimum absolute atomic E-state index is 0.152. The van der Waals surface area contributed by atoms with Crippen molar-refractivity contribution < 1.29 is 10.2 Å². The standard InChI is InChI=1S/C24H17Cl2NO2/c25-16-7-3-1-5-14(16)23-21-18(28)11-9-13-10-12-19(29)22(20(13)21)24(27-23)15-6-2-4-8-17(15)26/h1-12,23-24,27-29H. The number of benzene rings is 4. The van der Waals surface area contributed by atoms with Gasteiger partial charge in [-0.15, -0.1) is 0 Å². The summed E-state index contributed by atoms with van der Waals surface area (Å²) in [5.41, 5.74) is 3.10. The topological polar surface area (TPSA) is 52.5 Å². The summed E-state index contributed by atoms with van der Waals surface area (Å²) >= 11 is 13.1. The molecule has 29 heavy (non-hydrogen) atoms. The van der Waals surface area contributed by atoms with E-state index in [9.17, 15) is 10.2 Å². The molecule has 1 aliphatic rings. The van der Waals surface area contributed by atoms with Gasteiger partial charge < -0.3 is 10.2 Å². The maximum absolute atomic E-state index is 10.8. The van der Waals surface area contributed by atoms with Crippen LogP contribution in [0.1, 0.15) is 34.3 Å². The Labute approximate surface area is 178 Å². The molecule has 5 rings (SSSR count). The number of aromatic hydroxyl groups is 2. The fourth-order valence-electron chi connectivity index (χ4n) is 4.28. The van der Waals surface area contributed by atoms with E-state index < -0.39 is 0 Å². The summed E-state index contributed by atoms with van der Waals surface area (Å²) < 4.78 is 0. The van der Waals surface area contributed by atoms with Gasteiger partial charge >= 0.3 is 0 Å². The smallest absolute Gasteiger partial charge is 0.121 e. The first-order valence-electron chi connectivity index (χ1n) is 9.28. The van der Waals surface area contributed by atoms with Crippen molar-refractivity contribution in [3.8, 4) is 11.5 Å². The largest absolute Gasteiger partial charge is 0.508 e. The minimum atomic E-state index is -0.372. The van der Waals surface area contributed by atoms with Gasteiger partial charge in [0.15, 0.2) is 0 Å². The van der Waals surface area contributed by atoms with Crippen molar-refractivity contribution in [1.29, 1.82) is 0 Å². The second kappa shape index (κ2) is 6.96. The molecule has 2 atom stereocenters. The maximum atomic E-state index is 10.8. The number of hydrogen-bond acceptors (Lipinski definition) is 3. The SMILES string of the molecule is Oc1ccc2ccc(O)c3c2c1C(c1ccccc1Cl)NC3c1ccccc1Cl. The average molecular weight is 422 g/mol. The predicted octanol–water partition coefficient (Wildman–Crippen LogP) is 6.34. The Morgan fingerprint density at radius 3 is 1.52 bits per heavy atom. The number of rotatable bonds is 2. The van der Waals surface area contributed by atoms with Crippen LogP contribution in [0, 0.1) is 0 Å². The molecule has 3 N–H and O–H groups in total. The fourth-order valence-corrected chi connectivity index (χ4v) is 4.77. The third kappa shape index (κ3) is 2.85. The van der Waals surface area contributed by atoms with E-state index in [-0.39, 0.29) is 23.6 Å². The van der Waals surface area contributed by atoms with Gasteiger partial charge in [-0.25, -0.2) is 0 Å². The van der Waals surface area contributed by atoms with Crippen LogP contribution in [0.5, 0.6) is 11.5 Å². The van der Waals surface area contributed by atoms with Crippen LogP contribution >= 0.6 is 23.2 Å². The lowest BCUT2D eigenvalue weighted by Crippen LogP contribution is -2.32. The van der Waals surface area contributed by atoms with Crippen molar-refractivity contribution >= 4 is 34.0 Å². The molecule has 4 aromatic rings. The summed E-state index contributed by atoms with van der Waals surface area (Å²) in [6.45, 7) is 0. The van der Waals surface area contributed by atoms with E-state index in [4.69, 9.17) is 23.2 Å². The van der Waals surface area contributed by atoms with Gasteiger partial charge in [-0.2, -0.15) is 0 Å². The van der Waals surface area contributed by atoms with E-state index in [0.717, 1.165) is 21.9 Å². The molecule has 0 spiro atoms. The highest BCUT2D eigenvalue weighted by molar-refractivity contribution is 6.32. The number of phenols is 2. The molecule has 5 heteroatoms. The van der Waals surface area contributed by atoms with Gasteiger partial charge in [-0.1, -0.05) is 71.7 Å². The summed E-state index contributed by atoms with van der Waals surface area (Å²) in [6, 6.07) is 21.5. The lowest BCUT2D eigenvalue weighted by molar-refractivity contribution is 0.433. The molecule has 4 aromatic carbocycles. The van der Waals surface area contributed by atoms with Crippen molar-refractivity contribution in [3.05, 3.63) is 105 Å². The van der Waals surface area contributed by atoms with Gasteiger partial charge in [0.05, 0.1) is 12.1 Å². The Balaban J connectivity index is 1.88. The monoisotopic (exact) mass is 421 g/mol. The molecule has 0 saturated heterocycles. The Morgan fingerprint density at radius 2 is 1.07 bits per heavy atom. The van der Waals surface area contributed by atoms with Crippen LogP contribution < -0.4 is 5.32 Å². The molecular formula is C24H17Cl2NO2. The molecule has 144 valence electrons. The third-order valence-electron chi connectivity index (χ3n) is 5.56. The summed E-state index contributed by atoms with van der Waals surface area (Å²) in [5, 5.41) is 28.1. The van der Waals surface area contributed by atoms with Crippen molar-refractivity contribution in [2.24, 2.45) is 0 Å². The summed E-state index contributed by atoms with van der Waals surface area (Å²) in [4.78, 5) is 0. The zero-order chi connectivity index (χ0) is 20.1. The number of phenolic OH excluding ortho intramolecular Hbond substituents is 2. The van der Waals surface area contributed by atoms with Gasteiger partial charge in [0.1, 0.15) is 11.5 Å². The van der Waals surface area contributed by atoms with E-state index in [0.29, 0.717) is 21.2 Å². The average Bonchev–Trinajstić information content (AvgIpc) is 2.72. The number of nitrogens with one attached hydrogen (secondary N) is 1. The van der Waals surface area contributed by atoms with Crippen molar-refractivity contribution in [2.45, 2.75) is 12.1 Å². The fraction of sp³-hybridized carbons (Fsp3) is 0.0833. The zero-order valence-corrected chi connectivity index (χ0v) is 16.7. The van der Waals surface area contributed by atoms with Gasteiger partial charge in [0, 0.05) is 21.2 Å². The van der Waals surface area contributed by atoms with E-state index in [1.807, 2.05) is 60.7 Å². The summed E-state index contributed by atoms with van der Waals surface area (Å²) in [7, 11) is 0. The maximum Gasteiger partial charge on any atom is 0.121 e. The molecule has 0 aliphatic carbocycles. The molecule has 3 nitrogen and oxygen atoms in total. The lowest BCUT2D eigenvalue weighted by Gasteiger charge is -2.35. The molecule has 0 bridgehead atoms. The highest BCUT2D eigenvalue weighted by Gasteiger charge is 2.35. The minimum Gasteiger partial charge on any atom is -0.508 e. The lowest BCUT2D eigenvalue weighted by atomic mass is 9.81. The van der Waals surface area contributed by atoms with Crippen molar-refractivity contribution in [2.75, 3.05) is 0 Å². The van der Waals surface area contributed by atoms with Gasteiger partial charge in [0.2, 0.25) is 0 Å². The normalized spacial score (nSPS) is 18.1. The first kappa shape index (κ1) is 18.3. The molecule has 2 unspecified atom stereocenters. The molecule has 0 aromatic heterocycles. The molecule has 0 radical (unpaired) electrons. The predicted molar refractivity (Wildman–Crippen MR) is 117 cm³/mol. The van der Waals surface area contributed by atoms with Gasteiger partial charge in [-0.3, -0.25) is 5.32 Å². The summed E-state index contributed by atoms with van der Waals surface area (Å²) in [5.74, 6) is 0.304. The Morgan fingerprint density at radius 1 is 0.621 bits per heavy atom. The van der Waals surface area contributed by atoms with Crippen LogP contribution in [0.25, 0.3) is 10.8 Å². The summed E-state index contributed by atoms with van der Waals surface area (Å²) in [6.07, 6.45) is 0. The second-order valence-corrected chi connectivity index (χ2v) is 7.98. The highest BCUT2D eigenvalue weighted by Crippen LogP contribution is 2.49. The van der Waals surface area contributed by atoms with E-state index in [2.05, 4.69) is 5.32 Å². The molecule has 0 amide bonds. The number of halogens is 2. The van der Waals surface area contributed by atoms with Crippen LogP contribution in [-0.4, -0.2) is 10.2 Å². The first-order chi connectivity index (χ1) is 14.1. The van der Waals surface area contributed by atoms with E-state index >= 15 is 0 Å². The number of hydrogen-bond donors (Lipinski definition) is 3. The van der Waals surface area contributed by atoms with Crippen LogP contribution in [-0.2, 0) is 0 Å². The van der Waals surface area contributed by atoms with E-state index in [1.54, 1.807) is 12.1 Å². The quantitative estimate of drug-likeness (QED) is 0.353. The second-order valence-electron chi connectivity index (χ2n) is 7.17. The Hall–Kier alpha value is -2.72. The third-order valence-corrected chi connectivity index (χ3v) is 6.25. The molecule has 0 saturated carbocycles. The Kier molecular flexibility index (Phi) is 4.39. The van der Waals surface area contributed by atoms with Gasteiger partial charge in [0.25, 0.3) is 0 Å². The molecular weight excluding hydrogens is 405 g/mol. The van der Waals surface area contributed by atoms with Crippen LogP contribution in [0.15, 0.2) is 72.8 Å². The van der Waals surface area contributed by atoms with Crippen LogP contribution in [0.3, 0.4) is 0 Å². The Bertz CT molecular complexity index is 1160. The van der Waals surface area contributed by atoms with Crippen LogP contribution in [0.2, 0.25) is 10.0 Å². The van der Waals surface area contributed by atoms with Gasteiger partial charge in [-0.05, 0) is 46.2 Å². The highest BCUT2D eigenvalue weighted by atomic mass is 35.5. The molecule has 0 fully saturated rings. The van der Waals surface area contributed by atoms with Crippen molar-refractivity contribution in [3.63, 3.8) is 0 Å². The van der Waals surface area contributed by atoms with Crippen LogP contribution in [0.4, 0.5) is 0 Å². The van der Waals surface area contributed by atoms with E-state index in [1.165, 1.54) is 0 Å².